The lowest BCUT2D eigenvalue weighted by Gasteiger charge is -2.13. The summed E-state index contributed by atoms with van der Waals surface area (Å²) in [6, 6.07) is 14.5. The summed E-state index contributed by atoms with van der Waals surface area (Å²) >= 11 is 9.16. The molecule has 4 nitrogen and oxygen atoms in total. The number of para-hydroxylation sites is 1. The number of amides is 1. The summed E-state index contributed by atoms with van der Waals surface area (Å²) < 4.78 is 6.37. The van der Waals surface area contributed by atoms with Crippen LogP contribution in [0.4, 0.5) is 0 Å². The summed E-state index contributed by atoms with van der Waals surface area (Å²) in [6.07, 6.45) is 0.875. The summed E-state index contributed by atoms with van der Waals surface area (Å²) in [7, 11) is 0. The van der Waals surface area contributed by atoms with Gasteiger partial charge in [0.1, 0.15) is 5.75 Å². The van der Waals surface area contributed by atoms with Gasteiger partial charge in [0.25, 0.3) is 5.91 Å². The van der Waals surface area contributed by atoms with Crippen LogP contribution in [0, 0.1) is 0 Å². The van der Waals surface area contributed by atoms with Gasteiger partial charge in [0.05, 0.1) is 10.7 Å². The van der Waals surface area contributed by atoms with Crippen LogP contribution in [0.1, 0.15) is 12.5 Å². The molecule has 1 amide bonds. The quantitative estimate of drug-likeness (QED) is 0.628. The largest absolute Gasteiger partial charge is 0.480 e. The Labute approximate surface area is 142 Å². The van der Waals surface area contributed by atoms with Crippen LogP contribution in [-0.4, -0.2) is 18.2 Å². The molecule has 0 radical (unpaired) electrons. The van der Waals surface area contributed by atoms with Crippen LogP contribution < -0.4 is 10.2 Å². The Hall–Kier alpha value is -1.85. The lowest BCUT2D eigenvalue weighted by atomic mass is 10.2. The highest BCUT2D eigenvalue weighted by molar-refractivity contribution is 9.10. The molecule has 0 aliphatic heterocycles. The van der Waals surface area contributed by atoms with Gasteiger partial charge >= 0.3 is 0 Å². The molecule has 1 unspecified atom stereocenters. The van der Waals surface area contributed by atoms with E-state index in [2.05, 4.69) is 26.5 Å². The Bertz CT molecular complexity index is 674. The Morgan fingerprint density at radius 2 is 1.95 bits per heavy atom. The monoisotopic (exact) mass is 380 g/mol. The van der Waals surface area contributed by atoms with Crippen LogP contribution >= 0.6 is 27.5 Å². The summed E-state index contributed by atoms with van der Waals surface area (Å²) in [5.74, 6) is 0.271. The van der Waals surface area contributed by atoms with Crippen molar-refractivity contribution >= 4 is 39.7 Å². The number of halogens is 2. The number of carbonyl (C=O) groups excluding carboxylic acids is 1. The maximum absolute atomic E-state index is 11.9. The summed E-state index contributed by atoms with van der Waals surface area (Å²) in [5.41, 5.74) is 3.28. The highest BCUT2D eigenvalue weighted by Gasteiger charge is 2.14. The van der Waals surface area contributed by atoms with Crippen molar-refractivity contribution in [3.05, 3.63) is 63.6 Å². The summed E-state index contributed by atoms with van der Waals surface area (Å²) in [6.45, 7) is 1.66. The lowest BCUT2D eigenvalue weighted by molar-refractivity contribution is -0.127. The molecule has 6 heteroatoms. The molecule has 2 aromatic carbocycles. The molecule has 0 saturated heterocycles. The summed E-state index contributed by atoms with van der Waals surface area (Å²) in [4.78, 5) is 11.9. The van der Waals surface area contributed by atoms with E-state index in [9.17, 15) is 4.79 Å². The van der Waals surface area contributed by atoms with E-state index in [0.29, 0.717) is 10.8 Å². The Morgan fingerprint density at radius 3 is 2.64 bits per heavy atom. The topological polar surface area (TPSA) is 50.7 Å². The predicted octanol–water partition coefficient (Wildman–Crippen LogP) is 4.02. The molecule has 0 bridgehead atoms. The molecular weight excluding hydrogens is 368 g/mol. The van der Waals surface area contributed by atoms with E-state index in [0.717, 1.165) is 10.0 Å². The van der Waals surface area contributed by atoms with Gasteiger partial charge < -0.3 is 4.74 Å². The molecule has 1 atom stereocenters. The SMILES string of the molecule is CC(Oc1ccccc1Br)C(=O)NN=Cc1ccc(Cl)cc1. The molecule has 0 spiro atoms. The number of hydrogen-bond acceptors (Lipinski definition) is 3. The van der Waals surface area contributed by atoms with Crippen LogP contribution in [0.3, 0.4) is 0 Å². The van der Waals surface area contributed by atoms with Gasteiger partial charge in [0.15, 0.2) is 6.10 Å². The minimum absolute atomic E-state index is 0.332. The van der Waals surface area contributed by atoms with Crippen molar-refractivity contribution < 1.29 is 9.53 Å². The molecule has 0 heterocycles. The molecule has 2 rings (SSSR count). The van der Waals surface area contributed by atoms with E-state index < -0.39 is 6.10 Å². The maximum atomic E-state index is 11.9. The summed E-state index contributed by atoms with van der Waals surface area (Å²) in [5, 5.41) is 4.55. The molecular formula is C16H14BrClN2O2. The van der Waals surface area contributed by atoms with Crippen LogP contribution in [0.5, 0.6) is 5.75 Å². The second-order valence-corrected chi connectivity index (χ2v) is 5.77. The number of nitrogens with zero attached hydrogens (tertiary/aromatic N) is 1. The third-order valence-electron chi connectivity index (χ3n) is 2.77. The van der Waals surface area contributed by atoms with Crippen molar-refractivity contribution in [2.24, 2.45) is 5.10 Å². The zero-order chi connectivity index (χ0) is 15.9. The van der Waals surface area contributed by atoms with E-state index in [1.165, 1.54) is 0 Å². The third kappa shape index (κ3) is 4.86. The molecule has 0 aliphatic carbocycles. The highest BCUT2D eigenvalue weighted by Crippen LogP contribution is 2.24. The number of hydrogen-bond donors (Lipinski definition) is 1. The molecule has 114 valence electrons. The Kier molecular flexibility index (Phi) is 5.98. The minimum Gasteiger partial charge on any atom is -0.480 e. The van der Waals surface area contributed by atoms with Crippen LogP contribution in [0.25, 0.3) is 0 Å². The zero-order valence-electron chi connectivity index (χ0n) is 11.8. The van der Waals surface area contributed by atoms with Gasteiger partial charge in [-0.3, -0.25) is 4.79 Å². The fourth-order valence-corrected chi connectivity index (χ4v) is 2.10. The standard InChI is InChI=1S/C16H14BrClN2O2/c1-11(22-15-5-3-2-4-14(15)17)16(21)20-19-10-12-6-8-13(18)9-7-12/h2-11H,1H3,(H,20,21). The minimum atomic E-state index is -0.666. The van der Waals surface area contributed by atoms with E-state index in [-0.39, 0.29) is 5.91 Å². The third-order valence-corrected chi connectivity index (χ3v) is 3.68. The molecule has 0 aromatic heterocycles. The molecule has 2 aromatic rings. The number of carbonyl (C=O) groups is 1. The smallest absolute Gasteiger partial charge is 0.280 e. The molecule has 0 fully saturated rings. The fourth-order valence-electron chi connectivity index (χ4n) is 1.59. The molecule has 22 heavy (non-hydrogen) atoms. The number of ether oxygens (including phenoxy) is 1. The van der Waals surface area contributed by atoms with Crippen LogP contribution in [0.15, 0.2) is 58.1 Å². The van der Waals surface area contributed by atoms with Crippen molar-refractivity contribution in [3.63, 3.8) is 0 Å². The van der Waals surface area contributed by atoms with Crippen LogP contribution in [-0.2, 0) is 4.79 Å². The van der Waals surface area contributed by atoms with E-state index in [1.54, 1.807) is 43.5 Å². The molecule has 0 saturated carbocycles. The number of rotatable bonds is 5. The van der Waals surface area contributed by atoms with Gasteiger partial charge in [0.2, 0.25) is 0 Å². The zero-order valence-corrected chi connectivity index (χ0v) is 14.1. The Morgan fingerprint density at radius 1 is 1.27 bits per heavy atom. The van der Waals surface area contributed by atoms with Gasteiger partial charge in [-0.05, 0) is 52.7 Å². The van der Waals surface area contributed by atoms with Gasteiger partial charge in [-0.2, -0.15) is 5.10 Å². The van der Waals surface area contributed by atoms with E-state index in [1.807, 2.05) is 18.2 Å². The van der Waals surface area contributed by atoms with Crippen molar-refractivity contribution in [3.8, 4) is 5.75 Å². The van der Waals surface area contributed by atoms with Gasteiger partial charge in [-0.1, -0.05) is 35.9 Å². The van der Waals surface area contributed by atoms with Gasteiger partial charge in [-0.25, -0.2) is 5.43 Å². The van der Waals surface area contributed by atoms with E-state index in [4.69, 9.17) is 16.3 Å². The second kappa shape index (κ2) is 7.96. The van der Waals surface area contributed by atoms with Gasteiger partial charge in [-0.15, -0.1) is 0 Å². The first-order valence-electron chi connectivity index (χ1n) is 6.56. The maximum Gasteiger partial charge on any atom is 0.280 e. The first-order valence-corrected chi connectivity index (χ1v) is 7.73. The van der Waals surface area contributed by atoms with Crippen molar-refractivity contribution in [1.82, 2.24) is 5.43 Å². The first-order chi connectivity index (χ1) is 10.6. The first kappa shape index (κ1) is 16.5. The van der Waals surface area contributed by atoms with Crippen molar-refractivity contribution in [1.29, 1.82) is 0 Å². The normalized spacial score (nSPS) is 12.1. The Balaban J connectivity index is 1.89. The second-order valence-electron chi connectivity index (χ2n) is 4.48. The highest BCUT2D eigenvalue weighted by atomic mass is 79.9. The molecule has 0 aliphatic rings. The molecule has 1 N–H and O–H groups in total. The van der Waals surface area contributed by atoms with Crippen molar-refractivity contribution in [2.45, 2.75) is 13.0 Å². The predicted molar refractivity (Wildman–Crippen MR) is 91.4 cm³/mol. The van der Waals surface area contributed by atoms with Gasteiger partial charge in [0, 0.05) is 5.02 Å². The number of nitrogens with one attached hydrogen (secondary N) is 1. The fraction of sp³-hybridized carbons (Fsp3) is 0.125. The number of hydrazone groups is 1. The lowest BCUT2D eigenvalue weighted by Crippen LogP contribution is -2.33. The average Bonchev–Trinajstić information content (AvgIpc) is 2.51. The number of benzene rings is 2. The van der Waals surface area contributed by atoms with E-state index >= 15 is 0 Å². The van der Waals surface area contributed by atoms with Crippen molar-refractivity contribution in [2.75, 3.05) is 0 Å². The average molecular weight is 382 g/mol. The van der Waals surface area contributed by atoms with Crippen LogP contribution in [0.2, 0.25) is 5.02 Å².